The molecule has 0 aliphatic heterocycles. The number of esters is 1. The summed E-state index contributed by atoms with van der Waals surface area (Å²) < 4.78 is 30.1. The van der Waals surface area contributed by atoms with Crippen molar-refractivity contribution >= 4 is 33.3 Å². The van der Waals surface area contributed by atoms with Gasteiger partial charge in [0, 0.05) is 5.69 Å². The summed E-state index contributed by atoms with van der Waals surface area (Å²) >= 11 is 0. The van der Waals surface area contributed by atoms with Gasteiger partial charge in [0.1, 0.15) is 0 Å². The first-order valence-corrected chi connectivity index (χ1v) is 10.2. The molecule has 0 unspecified atom stereocenters. The van der Waals surface area contributed by atoms with Crippen LogP contribution in [0.1, 0.15) is 28.4 Å². The Morgan fingerprint density at radius 3 is 2.44 bits per heavy atom. The van der Waals surface area contributed by atoms with E-state index < -0.39 is 28.5 Å². The van der Waals surface area contributed by atoms with Crippen molar-refractivity contribution in [1.82, 2.24) is 0 Å². The maximum atomic E-state index is 12.3. The van der Waals surface area contributed by atoms with Gasteiger partial charge in [0.15, 0.2) is 6.61 Å². The average Bonchev–Trinajstić information content (AvgIpc) is 2.60. The summed E-state index contributed by atoms with van der Waals surface area (Å²) in [6.45, 7) is 3.38. The van der Waals surface area contributed by atoms with Gasteiger partial charge in [0.25, 0.3) is 5.91 Å². The molecule has 0 radical (unpaired) electrons. The Morgan fingerprint density at radius 1 is 1.07 bits per heavy atom. The zero-order chi connectivity index (χ0) is 20.0. The van der Waals surface area contributed by atoms with E-state index in [1.54, 1.807) is 12.1 Å². The number of amides is 1. The highest BCUT2D eigenvalue weighted by Gasteiger charge is 2.17. The largest absolute Gasteiger partial charge is 0.452 e. The van der Waals surface area contributed by atoms with Gasteiger partial charge in [-0.3, -0.25) is 9.52 Å². The number of nitrogens with one attached hydrogen (secondary N) is 2. The van der Waals surface area contributed by atoms with Gasteiger partial charge in [-0.1, -0.05) is 37.3 Å². The Labute approximate surface area is 158 Å². The fourth-order valence-corrected chi connectivity index (χ4v) is 3.11. The molecule has 27 heavy (non-hydrogen) atoms. The Kier molecular flexibility index (Phi) is 6.57. The van der Waals surface area contributed by atoms with E-state index in [1.165, 1.54) is 12.1 Å². The molecule has 0 atom stereocenters. The number of ether oxygens (including phenoxy) is 1. The van der Waals surface area contributed by atoms with Gasteiger partial charge in [0.2, 0.25) is 10.0 Å². The Balaban J connectivity index is 2.05. The summed E-state index contributed by atoms with van der Waals surface area (Å²) in [4.78, 5) is 24.4. The number of carbonyl (C=O) groups is 2. The molecule has 2 aromatic carbocycles. The lowest BCUT2D eigenvalue weighted by Crippen LogP contribution is -2.22. The highest BCUT2D eigenvalue weighted by atomic mass is 32.2. The minimum atomic E-state index is -3.55. The summed E-state index contributed by atoms with van der Waals surface area (Å²) in [6.07, 6.45) is 1.73. The molecule has 0 saturated carbocycles. The van der Waals surface area contributed by atoms with Crippen LogP contribution in [0.4, 0.5) is 11.4 Å². The second-order valence-electron chi connectivity index (χ2n) is 6.01. The molecule has 8 heteroatoms. The smallest absolute Gasteiger partial charge is 0.340 e. The second kappa shape index (κ2) is 8.68. The molecule has 7 nitrogen and oxygen atoms in total. The predicted octanol–water partition coefficient (Wildman–Crippen LogP) is 2.72. The average molecular weight is 390 g/mol. The van der Waals surface area contributed by atoms with Crippen LogP contribution in [-0.2, 0) is 26.0 Å². The number of hydrogen-bond acceptors (Lipinski definition) is 5. The molecule has 0 spiro atoms. The van der Waals surface area contributed by atoms with Gasteiger partial charge in [-0.15, -0.1) is 0 Å². The van der Waals surface area contributed by atoms with Crippen molar-refractivity contribution in [2.45, 2.75) is 20.3 Å². The molecule has 1 amide bonds. The van der Waals surface area contributed by atoms with Gasteiger partial charge in [-0.05, 0) is 36.6 Å². The van der Waals surface area contributed by atoms with Crippen LogP contribution < -0.4 is 10.0 Å². The molecule has 0 saturated heterocycles. The zero-order valence-electron chi connectivity index (χ0n) is 15.4. The number of carbonyl (C=O) groups excluding carboxylic acids is 2. The third kappa shape index (κ3) is 5.82. The van der Waals surface area contributed by atoms with Crippen LogP contribution in [-0.4, -0.2) is 33.2 Å². The van der Waals surface area contributed by atoms with E-state index in [0.717, 1.165) is 23.8 Å². The Bertz CT molecular complexity index is 954. The van der Waals surface area contributed by atoms with E-state index in [0.29, 0.717) is 5.69 Å². The van der Waals surface area contributed by atoms with E-state index in [2.05, 4.69) is 10.0 Å². The molecular formula is C19H22N2O5S. The molecule has 0 bridgehead atoms. The van der Waals surface area contributed by atoms with Crippen LogP contribution in [0.3, 0.4) is 0 Å². The summed E-state index contributed by atoms with van der Waals surface area (Å²) in [6, 6.07) is 11.7. The number of rotatable bonds is 7. The number of sulfonamides is 1. The first-order chi connectivity index (χ1) is 12.7. The van der Waals surface area contributed by atoms with Crippen molar-refractivity contribution in [3.05, 3.63) is 59.2 Å². The predicted molar refractivity (Wildman–Crippen MR) is 104 cm³/mol. The fourth-order valence-electron chi connectivity index (χ4n) is 2.54. The van der Waals surface area contributed by atoms with Crippen LogP contribution in [0, 0.1) is 6.92 Å². The van der Waals surface area contributed by atoms with Gasteiger partial charge < -0.3 is 10.1 Å². The van der Waals surface area contributed by atoms with Crippen molar-refractivity contribution in [1.29, 1.82) is 0 Å². The number of benzene rings is 2. The second-order valence-corrected chi connectivity index (χ2v) is 7.76. The quantitative estimate of drug-likeness (QED) is 0.708. The van der Waals surface area contributed by atoms with Crippen molar-refractivity contribution < 1.29 is 22.7 Å². The molecule has 2 rings (SSSR count). The maximum absolute atomic E-state index is 12.3. The van der Waals surface area contributed by atoms with E-state index in [9.17, 15) is 18.0 Å². The monoisotopic (exact) mass is 390 g/mol. The van der Waals surface area contributed by atoms with Crippen LogP contribution in [0.5, 0.6) is 0 Å². The van der Waals surface area contributed by atoms with Crippen molar-refractivity contribution in [2.75, 3.05) is 22.9 Å². The molecule has 2 aromatic rings. The molecule has 0 aromatic heterocycles. The number of anilines is 2. The minimum absolute atomic E-state index is 0.0286. The molecule has 0 heterocycles. The first kappa shape index (κ1) is 20.4. The normalized spacial score (nSPS) is 10.9. The topological polar surface area (TPSA) is 102 Å². The van der Waals surface area contributed by atoms with E-state index >= 15 is 0 Å². The highest BCUT2D eigenvalue weighted by Crippen LogP contribution is 2.21. The number of para-hydroxylation sites is 2. The SMILES string of the molecule is CCc1cccc(C)c1NC(=O)COC(=O)c1ccccc1NS(C)(=O)=O. The standard InChI is InChI=1S/C19H22N2O5S/c1-4-14-9-7-8-13(2)18(14)20-17(22)12-26-19(23)15-10-5-6-11-16(15)21-27(3,24)25/h5-11,21H,4,12H2,1-3H3,(H,20,22). The first-order valence-electron chi connectivity index (χ1n) is 8.33. The molecular weight excluding hydrogens is 368 g/mol. The van der Waals surface area contributed by atoms with Crippen LogP contribution in [0.2, 0.25) is 0 Å². The molecule has 144 valence electrons. The highest BCUT2D eigenvalue weighted by molar-refractivity contribution is 7.92. The summed E-state index contributed by atoms with van der Waals surface area (Å²) in [5, 5.41) is 2.76. The van der Waals surface area contributed by atoms with E-state index in [4.69, 9.17) is 4.74 Å². The van der Waals surface area contributed by atoms with Crippen LogP contribution in [0.15, 0.2) is 42.5 Å². The fraction of sp³-hybridized carbons (Fsp3) is 0.263. The third-order valence-corrected chi connectivity index (χ3v) is 4.37. The third-order valence-electron chi connectivity index (χ3n) is 3.78. The lowest BCUT2D eigenvalue weighted by atomic mass is 10.1. The molecule has 2 N–H and O–H groups in total. The summed E-state index contributed by atoms with van der Waals surface area (Å²) in [5.41, 5.74) is 2.73. The number of hydrogen-bond donors (Lipinski definition) is 2. The molecule has 0 aliphatic carbocycles. The van der Waals surface area contributed by atoms with E-state index in [-0.39, 0.29) is 11.3 Å². The van der Waals surface area contributed by atoms with Gasteiger partial charge in [-0.2, -0.15) is 0 Å². The van der Waals surface area contributed by atoms with Crippen LogP contribution in [0.25, 0.3) is 0 Å². The van der Waals surface area contributed by atoms with Crippen LogP contribution >= 0.6 is 0 Å². The lowest BCUT2D eigenvalue weighted by Gasteiger charge is -2.13. The zero-order valence-corrected chi connectivity index (χ0v) is 16.2. The summed E-state index contributed by atoms with van der Waals surface area (Å²) in [7, 11) is -3.55. The summed E-state index contributed by atoms with van der Waals surface area (Å²) in [5.74, 6) is -1.27. The molecule has 0 fully saturated rings. The van der Waals surface area contributed by atoms with Gasteiger partial charge in [0.05, 0.1) is 17.5 Å². The Hall–Kier alpha value is -2.87. The lowest BCUT2D eigenvalue weighted by molar-refractivity contribution is -0.119. The van der Waals surface area contributed by atoms with Crippen molar-refractivity contribution in [3.63, 3.8) is 0 Å². The molecule has 0 aliphatic rings. The van der Waals surface area contributed by atoms with Crippen molar-refractivity contribution in [3.8, 4) is 0 Å². The maximum Gasteiger partial charge on any atom is 0.340 e. The minimum Gasteiger partial charge on any atom is -0.452 e. The van der Waals surface area contributed by atoms with Gasteiger partial charge >= 0.3 is 5.97 Å². The van der Waals surface area contributed by atoms with Gasteiger partial charge in [-0.25, -0.2) is 13.2 Å². The van der Waals surface area contributed by atoms with E-state index in [1.807, 2.05) is 32.0 Å². The van der Waals surface area contributed by atoms with Crippen molar-refractivity contribution in [2.24, 2.45) is 0 Å². The number of aryl methyl sites for hydroxylation is 2. The Morgan fingerprint density at radius 2 is 1.78 bits per heavy atom.